The fraction of sp³-hybridized carbons (Fsp3) is 0.429. The highest BCUT2D eigenvalue weighted by atomic mass is 16.7. The van der Waals surface area contributed by atoms with Crippen LogP contribution in [-0.4, -0.2) is 71.0 Å². The molecule has 5 rings (SSSR count). The maximum absolute atomic E-state index is 13.2. The molecule has 0 bridgehead atoms. The van der Waals surface area contributed by atoms with Crippen LogP contribution in [0.3, 0.4) is 0 Å². The highest BCUT2D eigenvalue weighted by Crippen LogP contribution is 2.45. The topological polar surface area (TPSA) is 155 Å². The van der Waals surface area contributed by atoms with Gasteiger partial charge in [-0.25, -0.2) is 0 Å². The van der Waals surface area contributed by atoms with Gasteiger partial charge in [-0.05, 0) is 6.92 Å². The Morgan fingerprint density at radius 2 is 1.54 bits per heavy atom. The molecule has 206 valence electrons. The van der Waals surface area contributed by atoms with E-state index in [2.05, 4.69) is 0 Å². The molecule has 0 unspecified atom stereocenters. The van der Waals surface area contributed by atoms with Crippen molar-refractivity contribution in [2.75, 3.05) is 6.61 Å². The molecule has 0 saturated carbocycles. The Morgan fingerprint density at radius 3 is 2.13 bits per heavy atom. The number of phenolic OH excluding ortho intramolecular Hbond substituents is 2. The molecule has 2 aromatic carbocycles. The largest absolute Gasteiger partial charge is 0.507 e. The van der Waals surface area contributed by atoms with E-state index in [9.17, 15) is 29.4 Å². The van der Waals surface area contributed by atoms with E-state index < -0.39 is 54.2 Å². The zero-order chi connectivity index (χ0) is 28.0. The standard InChI is InChI=1S/C28H28O11/c1-12-28(39-14(3)30)20(38-13(2)29)9-21(37-12)36-10-15-8-18-19(11-35-15)27(34)23-22(26(18)33)24(31)16-6-4-5-7-17(16)25(23)32/h4-7,12,15,20-21,28,33-34H,8-11H2,1-3H3/t12-,15-,20-,21+,28+/m0/s1. The van der Waals surface area contributed by atoms with E-state index in [0.717, 1.165) is 0 Å². The second-order valence-electron chi connectivity index (χ2n) is 9.81. The van der Waals surface area contributed by atoms with Crippen LogP contribution in [0.15, 0.2) is 24.3 Å². The molecule has 2 N–H and O–H groups in total. The molecule has 0 amide bonds. The van der Waals surface area contributed by atoms with Gasteiger partial charge in [0, 0.05) is 48.9 Å². The van der Waals surface area contributed by atoms with Gasteiger partial charge in [-0.1, -0.05) is 24.3 Å². The first-order valence-corrected chi connectivity index (χ1v) is 12.6. The number of benzene rings is 2. The molecule has 11 nitrogen and oxygen atoms in total. The Balaban J connectivity index is 1.33. The van der Waals surface area contributed by atoms with Crippen LogP contribution in [0.4, 0.5) is 0 Å². The number of fused-ring (bicyclic) bond motifs is 3. The van der Waals surface area contributed by atoms with Gasteiger partial charge < -0.3 is 33.9 Å². The predicted molar refractivity (Wildman–Crippen MR) is 131 cm³/mol. The molecule has 2 aromatic rings. The zero-order valence-electron chi connectivity index (χ0n) is 21.6. The lowest BCUT2D eigenvalue weighted by molar-refractivity contribution is -0.261. The molecule has 0 spiro atoms. The minimum atomic E-state index is -0.803. The molecule has 2 aliphatic heterocycles. The smallest absolute Gasteiger partial charge is 0.303 e. The summed E-state index contributed by atoms with van der Waals surface area (Å²) in [5.41, 5.74) is 0.423. The van der Waals surface area contributed by atoms with Crippen molar-refractivity contribution in [3.05, 3.63) is 57.6 Å². The summed E-state index contributed by atoms with van der Waals surface area (Å²) in [6.45, 7) is 4.07. The van der Waals surface area contributed by atoms with Crippen molar-refractivity contribution in [3.63, 3.8) is 0 Å². The quantitative estimate of drug-likeness (QED) is 0.362. The number of ether oxygens (including phenoxy) is 5. The summed E-state index contributed by atoms with van der Waals surface area (Å²) < 4.78 is 28.2. The van der Waals surface area contributed by atoms with Gasteiger partial charge in [0.15, 0.2) is 24.0 Å². The van der Waals surface area contributed by atoms with Crippen LogP contribution in [0.2, 0.25) is 0 Å². The summed E-state index contributed by atoms with van der Waals surface area (Å²) in [5.74, 6) is -2.89. The lowest BCUT2D eigenvalue weighted by Crippen LogP contribution is -2.51. The molecule has 1 saturated heterocycles. The van der Waals surface area contributed by atoms with E-state index in [1.54, 1.807) is 19.1 Å². The molecule has 39 heavy (non-hydrogen) atoms. The maximum atomic E-state index is 13.2. The summed E-state index contributed by atoms with van der Waals surface area (Å²) in [6, 6.07) is 6.27. The molecule has 1 fully saturated rings. The van der Waals surface area contributed by atoms with E-state index in [1.807, 2.05) is 0 Å². The van der Waals surface area contributed by atoms with Gasteiger partial charge in [0.25, 0.3) is 0 Å². The highest BCUT2D eigenvalue weighted by molar-refractivity contribution is 6.30. The Hall–Kier alpha value is -3.80. The van der Waals surface area contributed by atoms with Gasteiger partial charge in [-0.15, -0.1) is 0 Å². The SMILES string of the molecule is CC(=O)O[C@@H]1[C@H](C)O[C@@H](OC[C@@H]2Cc3c(O)c4c(c(O)c3CO2)C(=O)c2ccccc2C4=O)C[C@@H]1OC(C)=O. The summed E-state index contributed by atoms with van der Waals surface area (Å²) in [5, 5.41) is 22.1. The summed E-state index contributed by atoms with van der Waals surface area (Å²) in [6.07, 6.45) is -3.36. The molecule has 2 heterocycles. The summed E-state index contributed by atoms with van der Waals surface area (Å²) in [7, 11) is 0. The van der Waals surface area contributed by atoms with Crippen molar-refractivity contribution in [1.29, 1.82) is 0 Å². The normalized spacial score (nSPS) is 25.8. The van der Waals surface area contributed by atoms with Crippen molar-refractivity contribution in [3.8, 4) is 11.5 Å². The van der Waals surface area contributed by atoms with Gasteiger partial charge in [0.1, 0.15) is 17.6 Å². The molecule has 3 aliphatic rings. The first-order chi connectivity index (χ1) is 18.6. The van der Waals surface area contributed by atoms with Gasteiger partial charge in [-0.2, -0.15) is 0 Å². The minimum Gasteiger partial charge on any atom is -0.507 e. The molecular weight excluding hydrogens is 512 g/mol. The lowest BCUT2D eigenvalue weighted by Gasteiger charge is -2.39. The van der Waals surface area contributed by atoms with Crippen molar-refractivity contribution in [1.82, 2.24) is 0 Å². The van der Waals surface area contributed by atoms with Crippen molar-refractivity contribution in [2.24, 2.45) is 0 Å². The second-order valence-corrected chi connectivity index (χ2v) is 9.81. The maximum Gasteiger partial charge on any atom is 0.303 e. The van der Waals surface area contributed by atoms with Crippen LogP contribution in [-0.2, 0) is 46.3 Å². The number of ketones is 2. The number of carbonyl (C=O) groups excluding carboxylic acids is 4. The van der Waals surface area contributed by atoms with Crippen LogP contribution in [0.5, 0.6) is 11.5 Å². The third kappa shape index (κ3) is 4.88. The first kappa shape index (κ1) is 26.8. The lowest BCUT2D eigenvalue weighted by atomic mass is 9.79. The van der Waals surface area contributed by atoms with Crippen LogP contribution >= 0.6 is 0 Å². The zero-order valence-corrected chi connectivity index (χ0v) is 21.6. The van der Waals surface area contributed by atoms with Crippen molar-refractivity contribution in [2.45, 2.75) is 70.9 Å². The number of esters is 2. The van der Waals surface area contributed by atoms with E-state index in [4.69, 9.17) is 23.7 Å². The number of hydrogen-bond acceptors (Lipinski definition) is 11. The molecule has 1 aliphatic carbocycles. The number of aromatic hydroxyl groups is 2. The fourth-order valence-corrected chi connectivity index (χ4v) is 5.40. The number of carbonyl (C=O) groups is 4. The van der Waals surface area contributed by atoms with Crippen molar-refractivity contribution >= 4 is 23.5 Å². The molecule has 0 radical (unpaired) electrons. The van der Waals surface area contributed by atoms with E-state index in [1.165, 1.54) is 26.0 Å². The average molecular weight is 541 g/mol. The Kier molecular flexibility index (Phi) is 7.15. The Labute approximate surface area is 223 Å². The van der Waals surface area contributed by atoms with Gasteiger partial charge in [-0.3, -0.25) is 19.2 Å². The minimum absolute atomic E-state index is 0.00878. The van der Waals surface area contributed by atoms with Crippen molar-refractivity contribution < 1.29 is 53.1 Å². The van der Waals surface area contributed by atoms with Gasteiger partial charge in [0.2, 0.25) is 0 Å². The average Bonchev–Trinajstić information content (AvgIpc) is 2.89. The molecule has 5 atom stereocenters. The predicted octanol–water partition coefficient (Wildman–Crippen LogP) is 2.33. The number of phenols is 2. The second kappa shape index (κ2) is 10.4. The van der Waals surface area contributed by atoms with Gasteiger partial charge in [0.05, 0.1) is 36.5 Å². The molecule has 11 heteroatoms. The van der Waals surface area contributed by atoms with E-state index in [-0.39, 0.29) is 65.4 Å². The third-order valence-corrected chi connectivity index (χ3v) is 7.13. The third-order valence-electron chi connectivity index (χ3n) is 7.13. The Bertz CT molecular complexity index is 1360. The van der Waals surface area contributed by atoms with Gasteiger partial charge >= 0.3 is 11.9 Å². The number of rotatable bonds is 5. The monoisotopic (exact) mass is 540 g/mol. The highest BCUT2D eigenvalue weighted by Gasteiger charge is 2.42. The van der Waals surface area contributed by atoms with Crippen LogP contribution in [0.25, 0.3) is 0 Å². The fourth-order valence-electron chi connectivity index (χ4n) is 5.40. The molecule has 0 aromatic heterocycles. The van der Waals surface area contributed by atoms with Crippen LogP contribution in [0.1, 0.15) is 70.2 Å². The summed E-state index contributed by atoms with van der Waals surface area (Å²) in [4.78, 5) is 49.4. The Morgan fingerprint density at radius 1 is 0.949 bits per heavy atom. The summed E-state index contributed by atoms with van der Waals surface area (Å²) >= 11 is 0. The van der Waals surface area contributed by atoms with Crippen LogP contribution in [0, 0.1) is 0 Å². The van der Waals surface area contributed by atoms with E-state index in [0.29, 0.717) is 5.56 Å². The first-order valence-electron chi connectivity index (χ1n) is 12.6. The number of hydrogen-bond donors (Lipinski definition) is 2. The van der Waals surface area contributed by atoms with E-state index >= 15 is 0 Å². The van der Waals surface area contributed by atoms with Crippen LogP contribution < -0.4 is 0 Å². The molecular formula is C28H28O11.